The molecule has 1 saturated heterocycles. The van der Waals surface area contributed by atoms with Gasteiger partial charge in [-0.2, -0.15) is 0 Å². The number of carbonyl (C=O) groups excluding carboxylic acids is 1. The number of phenols is 2. The van der Waals surface area contributed by atoms with E-state index in [1.807, 2.05) is 30.3 Å². The van der Waals surface area contributed by atoms with Crippen LogP contribution >= 0.6 is 0 Å². The first-order valence-electron chi connectivity index (χ1n) is 9.21. The zero-order valence-corrected chi connectivity index (χ0v) is 15.7. The molecule has 0 aliphatic carbocycles. The van der Waals surface area contributed by atoms with Gasteiger partial charge in [0.25, 0.3) is 0 Å². The van der Waals surface area contributed by atoms with E-state index >= 15 is 0 Å². The molecule has 0 aromatic heterocycles. The molecule has 1 aliphatic heterocycles. The highest BCUT2D eigenvalue weighted by atomic mass is 16.3. The fourth-order valence-electron chi connectivity index (χ4n) is 3.46. The van der Waals surface area contributed by atoms with Crippen molar-refractivity contribution < 1.29 is 15.0 Å². The van der Waals surface area contributed by atoms with Crippen molar-refractivity contribution in [2.45, 2.75) is 19.9 Å². The van der Waals surface area contributed by atoms with Crippen molar-refractivity contribution in [1.29, 1.82) is 0 Å². The molecule has 1 fully saturated rings. The number of carbonyl (C=O) groups is 1. The Kier molecular flexibility index (Phi) is 5.81. The second-order valence-electron chi connectivity index (χ2n) is 6.98. The lowest BCUT2D eigenvalue weighted by Gasteiger charge is -2.36. The standard InChI is InChI=1S/C22H26N2O3/c1-3-4-17-13-19(22(27)21(26)14-17)15-23-9-11-24(12-10-23)20-7-5-18(6-8-20)16(2)25/h3,5-8,13-14,26-27H,1,4,9-12,15H2,2H3. The van der Waals surface area contributed by atoms with Crippen molar-refractivity contribution in [3.8, 4) is 11.5 Å². The number of phenolic OH excluding ortho intramolecular Hbond substituents is 2. The lowest BCUT2D eigenvalue weighted by atomic mass is 10.1. The van der Waals surface area contributed by atoms with Gasteiger partial charge in [-0.25, -0.2) is 0 Å². The molecule has 0 atom stereocenters. The number of benzene rings is 2. The Labute approximate surface area is 160 Å². The third-order valence-electron chi connectivity index (χ3n) is 5.01. The number of Topliss-reactive ketones (excluding diaryl/α,β-unsaturated/α-hetero) is 1. The average molecular weight is 366 g/mol. The lowest BCUT2D eigenvalue weighted by molar-refractivity contribution is 0.101. The third-order valence-corrected chi connectivity index (χ3v) is 5.01. The molecule has 5 heteroatoms. The van der Waals surface area contributed by atoms with E-state index in [0.717, 1.165) is 48.6 Å². The van der Waals surface area contributed by atoms with Crippen LogP contribution in [0.1, 0.15) is 28.4 Å². The van der Waals surface area contributed by atoms with Gasteiger partial charge in [0.05, 0.1) is 0 Å². The Balaban J connectivity index is 1.63. The predicted octanol–water partition coefficient (Wildman–Crippen LogP) is 3.35. The van der Waals surface area contributed by atoms with Crippen molar-refractivity contribution in [2.75, 3.05) is 31.1 Å². The number of piperazine rings is 1. The highest BCUT2D eigenvalue weighted by Gasteiger charge is 2.19. The van der Waals surface area contributed by atoms with Gasteiger partial charge in [0.2, 0.25) is 0 Å². The zero-order valence-electron chi connectivity index (χ0n) is 15.7. The van der Waals surface area contributed by atoms with Crippen LogP contribution < -0.4 is 4.90 Å². The van der Waals surface area contributed by atoms with E-state index in [2.05, 4.69) is 16.4 Å². The lowest BCUT2D eigenvalue weighted by Crippen LogP contribution is -2.46. The van der Waals surface area contributed by atoms with E-state index in [-0.39, 0.29) is 17.3 Å². The van der Waals surface area contributed by atoms with Crippen LogP contribution in [-0.4, -0.2) is 47.1 Å². The quantitative estimate of drug-likeness (QED) is 0.466. The van der Waals surface area contributed by atoms with Crippen molar-refractivity contribution in [3.63, 3.8) is 0 Å². The molecular formula is C22H26N2O3. The minimum Gasteiger partial charge on any atom is -0.504 e. The smallest absolute Gasteiger partial charge is 0.162 e. The summed E-state index contributed by atoms with van der Waals surface area (Å²) in [5.41, 5.74) is 3.53. The van der Waals surface area contributed by atoms with Crippen LogP contribution in [0, 0.1) is 0 Å². The molecular weight excluding hydrogens is 340 g/mol. The van der Waals surface area contributed by atoms with Crippen molar-refractivity contribution >= 4 is 11.5 Å². The Morgan fingerprint density at radius 2 is 1.78 bits per heavy atom. The maximum atomic E-state index is 11.4. The van der Waals surface area contributed by atoms with Gasteiger partial charge in [-0.05, 0) is 49.2 Å². The van der Waals surface area contributed by atoms with Crippen LogP contribution in [0.2, 0.25) is 0 Å². The number of aromatic hydroxyl groups is 2. The minimum atomic E-state index is -0.0754. The second kappa shape index (κ2) is 8.27. The number of ketones is 1. The maximum absolute atomic E-state index is 11.4. The first kappa shape index (κ1) is 19.0. The van der Waals surface area contributed by atoms with E-state index < -0.39 is 0 Å². The molecule has 5 nitrogen and oxygen atoms in total. The summed E-state index contributed by atoms with van der Waals surface area (Å²) in [6, 6.07) is 11.3. The number of hydrogen-bond donors (Lipinski definition) is 2. The molecule has 2 N–H and O–H groups in total. The van der Waals surface area contributed by atoms with E-state index in [1.165, 1.54) is 0 Å². The summed E-state index contributed by atoms with van der Waals surface area (Å²) in [6.45, 7) is 9.37. The molecule has 0 amide bonds. The van der Waals surface area contributed by atoms with E-state index in [9.17, 15) is 15.0 Å². The maximum Gasteiger partial charge on any atom is 0.162 e. The fraction of sp³-hybridized carbons (Fsp3) is 0.318. The van der Waals surface area contributed by atoms with Crippen LogP contribution in [0.5, 0.6) is 11.5 Å². The molecule has 0 bridgehead atoms. The molecule has 2 aromatic rings. The minimum absolute atomic E-state index is 0.0370. The van der Waals surface area contributed by atoms with E-state index in [0.29, 0.717) is 13.0 Å². The summed E-state index contributed by atoms with van der Waals surface area (Å²) in [5, 5.41) is 20.1. The van der Waals surface area contributed by atoms with Crippen molar-refractivity contribution in [2.24, 2.45) is 0 Å². The van der Waals surface area contributed by atoms with Crippen molar-refractivity contribution in [3.05, 3.63) is 65.7 Å². The highest BCUT2D eigenvalue weighted by molar-refractivity contribution is 5.94. The molecule has 2 aromatic carbocycles. The van der Waals surface area contributed by atoms with E-state index in [4.69, 9.17) is 0 Å². The van der Waals surface area contributed by atoms with Gasteiger partial charge in [0.15, 0.2) is 17.3 Å². The summed E-state index contributed by atoms with van der Waals surface area (Å²) in [6.07, 6.45) is 2.44. The van der Waals surface area contributed by atoms with Crippen LogP contribution in [0.15, 0.2) is 49.1 Å². The average Bonchev–Trinajstić information content (AvgIpc) is 2.66. The van der Waals surface area contributed by atoms with Gasteiger partial charge < -0.3 is 15.1 Å². The first-order chi connectivity index (χ1) is 13.0. The van der Waals surface area contributed by atoms with E-state index in [1.54, 1.807) is 19.1 Å². The summed E-state index contributed by atoms with van der Waals surface area (Å²) >= 11 is 0. The number of hydrogen-bond acceptors (Lipinski definition) is 5. The second-order valence-corrected chi connectivity index (χ2v) is 6.98. The Hall–Kier alpha value is -2.79. The molecule has 27 heavy (non-hydrogen) atoms. The summed E-state index contributed by atoms with van der Waals surface area (Å²) in [7, 11) is 0. The van der Waals surface area contributed by atoms with Gasteiger partial charge >= 0.3 is 0 Å². The molecule has 1 aliphatic rings. The van der Waals surface area contributed by atoms with Gasteiger partial charge in [-0.15, -0.1) is 6.58 Å². The molecule has 3 rings (SSSR count). The van der Waals surface area contributed by atoms with Gasteiger partial charge in [-0.1, -0.05) is 12.1 Å². The highest BCUT2D eigenvalue weighted by Crippen LogP contribution is 2.32. The third kappa shape index (κ3) is 4.49. The van der Waals surface area contributed by atoms with Crippen LogP contribution in [0.4, 0.5) is 5.69 Å². The predicted molar refractivity (Wildman–Crippen MR) is 108 cm³/mol. The SMILES string of the molecule is C=CCc1cc(O)c(O)c(CN2CCN(c3ccc(C(C)=O)cc3)CC2)c1. The molecule has 1 heterocycles. The normalized spacial score (nSPS) is 14.9. The fourth-order valence-corrected chi connectivity index (χ4v) is 3.46. The molecule has 0 saturated carbocycles. The Morgan fingerprint density at radius 3 is 2.37 bits per heavy atom. The Morgan fingerprint density at radius 1 is 1.11 bits per heavy atom. The van der Waals surface area contributed by atoms with Gasteiger partial charge in [0.1, 0.15) is 0 Å². The first-order valence-corrected chi connectivity index (χ1v) is 9.21. The molecule has 0 spiro atoms. The monoisotopic (exact) mass is 366 g/mol. The molecule has 142 valence electrons. The summed E-state index contributed by atoms with van der Waals surface area (Å²) < 4.78 is 0. The summed E-state index contributed by atoms with van der Waals surface area (Å²) in [5.74, 6) is -0.0354. The number of anilines is 1. The number of allylic oxidation sites excluding steroid dienone is 1. The molecule has 0 unspecified atom stereocenters. The van der Waals surface area contributed by atoms with Gasteiger partial charge in [-0.3, -0.25) is 9.69 Å². The molecule has 0 radical (unpaired) electrons. The largest absolute Gasteiger partial charge is 0.504 e. The van der Waals surface area contributed by atoms with Gasteiger partial charge in [0, 0.05) is 49.5 Å². The number of rotatable bonds is 6. The Bertz CT molecular complexity index is 822. The number of nitrogens with zero attached hydrogens (tertiary/aromatic N) is 2. The van der Waals surface area contributed by atoms with Crippen LogP contribution in [0.25, 0.3) is 0 Å². The zero-order chi connectivity index (χ0) is 19.4. The topological polar surface area (TPSA) is 64.0 Å². The van der Waals surface area contributed by atoms with Crippen molar-refractivity contribution in [1.82, 2.24) is 4.90 Å². The van der Waals surface area contributed by atoms with Crippen LogP contribution in [0.3, 0.4) is 0 Å². The van der Waals surface area contributed by atoms with Crippen LogP contribution in [-0.2, 0) is 13.0 Å². The summed E-state index contributed by atoms with van der Waals surface area (Å²) in [4.78, 5) is 16.0.